The molecule has 3 nitrogen and oxygen atoms in total. The predicted octanol–water partition coefficient (Wildman–Crippen LogP) is 3.13. The summed E-state index contributed by atoms with van der Waals surface area (Å²) in [6.45, 7) is 1.54. The maximum Gasteiger partial charge on any atom is 0.261 e. The van der Waals surface area contributed by atoms with Gasteiger partial charge in [0.2, 0.25) is 0 Å². The first-order valence-corrected chi connectivity index (χ1v) is 5.99. The zero-order valence-corrected chi connectivity index (χ0v) is 11.2. The van der Waals surface area contributed by atoms with Gasteiger partial charge in [0.05, 0.1) is 5.56 Å². The molecule has 0 saturated carbocycles. The molecule has 0 unspecified atom stereocenters. The quantitative estimate of drug-likeness (QED) is 0.856. The maximum absolute atomic E-state index is 14.0. The van der Waals surface area contributed by atoms with Crippen molar-refractivity contribution in [1.82, 2.24) is 0 Å². The van der Waals surface area contributed by atoms with Gasteiger partial charge in [-0.2, -0.15) is 0 Å². The maximum atomic E-state index is 14.0. The van der Waals surface area contributed by atoms with Crippen LogP contribution in [0.3, 0.4) is 0 Å². The second kappa shape index (κ2) is 5.28. The van der Waals surface area contributed by atoms with Gasteiger partial charge in [-0.1, -0.05) is 0 Å². The number of amides is 1. The number of nitrogens with two attached hydrogens (primary N) is 1. The minimum atomic E-state index is -0.599. The molecule has 5 heteroatoms. The second-order valence-electron chi connectivity index (χ2n) is 4.54. The summed E-state index contributed by atoms with van der Waals surface area (Å²) in [6, 6.07) is 8.13. The number of hydrogen-bond donors (Lipinski definition) is 1. The minimum Gasteiger partial charge on any atom is -0.399 e. The number of rotatable bonds is 2. The Morgan fingerprint density at radius 1 is 1.15 bits per heavy atom. The van der Waals surface area contributed by atoms with Crippen molar-refractivity contribution < 1.29 is 13.6 Å². The van der Waals surface area contributed by atoms with E-state index in [2.05, 4.69) is 0 Å². The van der Waals surface area contributed by atoms with Gasteiger partial charge in [0, 0.05) is 18.4 Å². The zero-order chi connectivity index (χ0) is 14.9. The summed E-state index contributed by atoms with van der Waals surface area (Å²) in [6.07, 6.45) is 0. The van der Waals surface area contributed by atoms with Crippen molar-refractivity contribution in [1.29, 1.82) is 0 Å². The molecule has 20 heavy (non-hydrogen) atoms. The van der Waals surface area contributed by atoms with Gasteiger partial charge in [-0.3, -0.25) is 4.79 Å². The Morgan fingerprint density at radius 3 is 2.35 bits per heavy atom. The second-order valence-corrected chi connectivity index (χ2v) is 4.54. The van der Waals surface area contributed by atoms with Crippen LogP contribution in [0.4, 0.5) is 20.2 Å². The molecule has 2 aromatic rings. The number of carbonyl (C=O) groups is 1. The Balaban J connectivity index is 2.38. The first kappa shape index (κ1) is 14.0. The van der Waals surface area contributed by atoms with Crippen LogP contribution in [0.2, 0.25) is 0 Å². The van der Waals surface area contributed by atoms with Gasteiger partial charge >= 0.3 is 0 Å². The average molecular weight is 276 g/mol. The number of hydrogen-bond acceptors (Lipinski definition) is 2. The highest BCUT2D eigenvalue weighted by atomic mass is 19.1. The van der Waals surface area contributed by atoms with Crippen LogP contribution in [-0.4, -0.2) is 13.0 Å². The van der Waals surface area contributed by atoms with Crippen LogP contribution in [0.5, 0.6) is 0 Å². The normalized spacial score (nSPS) is 10.4. The van der Waals surface area contributed by atoms with E-state index in [0.29, 0.717) is 16.9 Å². The smallest absolute Gasteiger partial charge is 0.261 e. The van der Waals surface area contributed by atoms with E-state index in [1.807, 2.05) is 0 Å². The van der Waals surface area contributed by atoms with E-state index >= 15 is 0 Å². The molecule has 0 atom stereocenters. The number of aryl methyl sites for hydroxylation is 1. The molecule has 2 N–H and O–H groups in total. The highest BCUT2D eigenvalue weighted by molar-refractivity contribution is 6.06. The van der Waals surface area contributed by atoms with E-state index in [9.17, 15) is 13.6 Å². The Bertz CT molecular complexity index is 654. The Hall–Kier alpha value is -2.43. The van der Waals surface area contributed by atoms with Gasteiger partial charge in [-0.05, 0) is 48.9 Å². The molecule has 0 aliphatic heterocycles. The van der Waals surface area contributed by atoms with E-state index in [1.165, 1.54) is 48.3 Å². The molecule has 2 rings (SSSR count). The third kappa shape index (κ3) is 2.61. The Kier molecular flexibility index (Phi) is 3.70. The lowest BCUT2D eigenvalue weighted by atomic mass is 10.1. The summed E-state index contributed by atoms with van der Waals surface area (Å²) < 4.78 is 26.9. The van der Waals surface area contributed by atoms with Crippen molar-refractivity contribution in [2.24, 2.45) is 0 Å². The van der Waals surface area contributed by atoms with E-state index in [4.69, 9.17) is 5.73 Å². The fourth-order valence-electron chi connectivity index (χ4n) is 1.92. The highest BCUT2D eigenvalue weighted by Crippen LogP contribution is 2.21. The number of benzene rings is 2. The SMILES string of the molecule is Cc1cc(N)cc(C(=O)N(C)c2ccc(F)cc2)c1F. The zero-order valence-electron chi connectivity index (χ0n) is 11.2. The van der Waals surface area contributed by atoms with E-state index < -0.39 is 17.5 Å². The van der Waals surface area contributed by atoms with Gasteiger partial charge in [0.15, 0.2) is 0 Å². The summed E-state index contributed by atoms with van der Waals surface area (Å²) in [5.41, 5.74) is 6.63. The van der Waals surface area contributed by atoms with Crippen molar-refractivity contribution in [2.45, 2.75) is 6.92 Å². The van der Waals surface area contributed by atoms with Crippen LogP contribution in [0.15, 0.2) is 36.4 Å². The standard InChI is InChI=1S/C15H14F2N2O/c1-9-7-11(18)8-13(14(9)17)15(20)19(2)12-5-3-10(16)4-6-12/h3-8H,18H2,1-2H3. The van der Waals surface area contributed by atoms with Gasteiger partial charge in [-0.25, -0.2) is 8.78 Å². The predicted molar refractivity (Wildman–Crippen MR) is 74.7 cm³/mol. The van der Waals surface area contributed by atoms with Crippen LogP contribution in [0, 0.1) is 18.6 Å². The molecule has 0 aliphatic rings. The van der Waals surface area contributed by atoms with Crippen LogP contribution >= 0.6 is 0 Å². The third-order valence-electron chi connectivity index (χ3n) is 3.03. The Labute approximate surface area is 115 Å². The van der Waals surface area contributed by atoms with Crippen molar-refractivity contribution >= 4 is 17.3 Å². The first-order valence-electron chi connectivity index (χ1n) is 5.99. The van der Waals surface area contributed by atoms with Crippen LogP contribution in [0.1, 0.15) is 15.9 Å². The first-order chi connectivity index (χ1) is 9.40. The lowest BCUT2D eigenvalue weighted by Crippen LogP contribution is -2.27. The number of nitrogens with zero attached hydrogens (tertiary/aromatic N) is 1. The lowest BCUT2D eigenvalue weighted by molar-refractivity contribution is 0.0989. The molecule has 0 fully saturated rings. The van der Waals surface area contributed by atoms with Crippen LogP contribution < -0.4 is 10.6 Å². The molecule has 1 amide bonds. The van der Waals surface area contributed by atoms with Crippen molar-refractivity contribution in [3.8, 4) is 0 Å². The third-order valence-corrected chi connectivity index (χ3v) is 3.03. The molecule has 0 bridgehead atoms. The monoisotopic (exact) mass is 276 g/mol. The highest BCUT2D eigenvalue weighted by Gasteiger charge is 2.19. The summed E-state index contributed by atoms with van der Waals surface area (Å²) in [4.78, 5) is 13.5. The topological polar surface area (TPSA) is 46.3 Å². The summed E-state index contributed by atoms with van der Waals surface area (Å²) >= 11 is 0. The van der Waals surface area contributed by atoms with Gasteiger partial charge in [-0.15, -0.1) is 0 Å². The summed E-state index contributed by atoms with van der Waals surface area (Å²) in [5.74, 6) is -1.54. The molecule has 0 spiro atoms. The lowest BCUT2D eigenvalue weighted by Gasteiger charge is -2.18. The van der Waals surface area contributed by atoms with Gasteiger partial charge < -0.3 is 10.6 Å². The number of carbonyl (C=O) groups excluding carboxylic acids is 1. The summed E-state index contributed by atoms with van der Waals surface area (Å²) in [5, 5.41) is 0. The van der Waals surface area contributed by atoms with Gasteiger partial charge in [0.1, 0.15) is 11.6 Å². The minimum absolute atomic E-state index is 0.102. The molecule has 0 aliphatic carbocycles. The fraction of sp³-hybridized carbons (Fsp3) is 0.133. The van der Waals surface area contributed by atoms with Gasteiger partial charge in [0.25, 0.3) is 5.91 Å². The van der Waals surface area contributed by atoms with Crippen molar-refractivity contribution in [3.63, 3.8) is 0 Å². The molecular weight excluding hydrogens is 262 g/mol. The molecule has 0 radical (unpaired) electrons. The summed E-state index contributed by atoms with van der Waals surface area (Å²) in [7, 11) is 1.49. The van der Waals surface area contributed by atoms with E-state index in [0.717, 1.165) is 0 Å². The molecule has 104 valence electrons. The number of nitrogen functional groups attached to an aromatic ring is 1. The number of anilines is 2. The molecule has 0 heterocycles. The molecular formula is C15H14F2N2O. The number of halogens is 2. The fourth-order valence-corrected chi connectivity index (χ4v) is 1.92. The molecule has 0 saturated heterocycles. The van der Waals surface area contributed by atoms with Crippen LogP contribution in [-0.2, 0) is 0 Å². The molecule has 0 aromatic heterocycles. The largest absolute Gasteiger partial charge is 0.399 e. The molecule has 2 aromatic carbocycles. The van der Waals surface area contributed by atoms with Crippen LogP contribution in [0.25, 0.3) is 0 Å². The van der Waals surface area contributed by atoms with E-state index in [-0.39, 0.29) is 5.56 Å². The average Bonchev–Trinajstić information content (AvgIpc) is 2.42. The Morgan fingerprint density at radius 2 is 1.75 bits per heavy atom. The van der Waals surface area contributed by atoms with Crippen molar-refractivity contribution in [3.05, 3.63) is 59.2 Å². The van der Waals surface area contributed by atoms with E-state index in [1.54, 1.807) is 6.92 Å². The van der Waals surface area contributed by atoms with Crippen molar-refractivity contribution in [2.75, 3.05) is 17.7 Å².